The number of hydrogen-bond donors (Lipinski definition) is 0. The van der Waals surface area contributed by atoms with E-state index >= 15 is 0 Å². The highest BCUT2D eigenvalue weighted by Crippen LogP contribution is 2.56. The van der Waals surface area contributed by atoms with E-state index in [9.17, 15) is 18.0 Å². The Kier molecular flexibility index (Phi) is 4.40. The minimum absolute atomic E-state index is 0.0668. The zero-order chi connectivity index (χ0) is 20.5. The fourth-order valence-corrected chi connectivity index (χ4v) is 7.19. The van der Waals surface area contributed by atoms with Gasteiger partial charge in [0.1, 0.15) is 4.90 Å². The van der Waals surface area contributed by atoms with E-state index in [2.05, 4.69) is 6.08 Å². The molecule has 7 nitrogen and oxygen atoms in total. The molecule has 0 aromatic heterocycles. The first-order chi connectivity index (χ1) is 13.8. The molecule has 154 valence electrons. The van der Waals surface area contributed by atoms with Crippen LogP contribution in [0.3, 0.4) is 0 Å². The molecule has 2 heterocycles. The summed E-state index contributed by atoms with van der Waals surface area (Å²) in [5.74, 6) is -0.963. The van der Waals surface area contributed by atoms with E-state index in [-0.39, 0.29) is 64.2 Å². The predicted octanol–water partition coefficient (Wildman–Crippen LogP) is 2.06. The number of nitrogens with zero attached hydrogens (tertiary/aromatic N) is 2. The molecule has 1 aromatic carbocycles. The van der Waals surface area contributed by atoms with Gasteiger partial charge in [0.15, 0.2) is 0 Å². The van der Waals surface area contributed by atoms with E-state index in [4.69, 9.17) is 16.3 Å². The minimum atomic E-state index is -3.85. The Labute approximate surface area is 174 Å². The molecule has 4 atom stereocenters. The van der Waals surface area contributed by atoms with Crippen LogP contribution in [-0.4, -0.2) is 50.8 Å². The van der Waals surface area contributed by atoms with Crippen molar-refractivity contribution in [2.24, 2.45) is 23.7 Å². The highest BCUT2D eigenvalue weighted by Gasteiger charge is 2.61. The molecule has 0 spiro atoms. The number of sulfonamides is 1. The molecule has 5 rings (SSSR count). The number of hydrogen-bond acceptors (Lipinski definition) is 5. The second kappa shape index (κ2) is 6.63. The number of carbonyl (C=O) groups is 2. The summed E-state index contributed by atoms with van der Waals surface area (Å²) in [6, 6.07) is 4.34. The maximum atomic E-state index is 13.1. The lowest BCUT2D eigenvalue weighted by molar-refractivity contribution is -0.123. The Hall–Kier alpha value is -1.74. The number of fused-ring (bicyclic) bond motifs is 5. The number of anilines is 1. The summed E-state index contributed by atoms with van der Waals surface area (Å²) in [7, 11) is -3.85. The number of allylic oxidation sites excluding steroid dienone is 2. The number of amides is 2. The summed E-state index contributed by atoms with van der Waals surface area (Å²) < 4.78 is 32.7. The molecule has 2 amide bonds. The summed E-state index contributed by atoms with van der Waals surface area (Å²) in [6.45, 7) is 3.12. The van der Waals surface area contributed by atoms with Crippen molar-refractivity contribution in [1.29, 1.82) is 0 Å². The van der Waals surface area contributed by atoms with Gasteiger partial charge >= 0.3 is 0 Å². The van der Waals surface area contributed by atoms with E-state index < -0.39 is 10.0 Å². The van der Waals surface area contributed by atoms with Crippen LogP contribution in [-0.2, 0) is 24.3 Å². The standard InChI is InChI=1S/C20H21ClN2O5S/c1-11-8-12-9-14(11)18-17(12)19(24)23(20(18)25)13-2-3-15(21)16(10-13)29(26,27)22-4-6-28-7-5-22/h2-3,8,10,12,14,17-18H,4-7,9H2,1H3. The summed E-state index contributed by atoms with van der Waals surface area (Å²) in [5, 5.41) is 0.0668. The summed E-state index contributed by atoms with van der Waals surface area (Å²) >= 11 is 6.22. The van der Waals surface area contributed by atoms with E-state index in [1.165, 1.54) is 22.0 Å². The molecule has 4 aliphatic rings. The van der Waals surface area contributed by atoms with Crippen molar-refractivity contribution in [3.8, 4) is 0 Å². The van der Waals surface area contributed by atoms with Crippen LogP contribution in [0.5, 0.6) is 0 Å². The Morgan fingerprint density at radius 1 is 1.10 bits per heavy atom. The van der Waals surface area contributed by atoms with Gasteiger partial charge in [0.25, 0.3) is 0 Å². The SMILES string of the molecule is CC1=CC2CC1C1C(=O)N(c3ccc(Cl)c(S(=O)(=O)N4CCOCC4)c3)C(=O)C21. The Bertz CT molecular complexity index is 1050. The molecule has 29 heavy (non-hydrogen) atoms. The van der Waals surface area contributed by atoms with Gasteiger partial charge in [-0.1, -0.05) is 23.3 Å². The number of morpholine rings is 1. The van der Waals surface area contributed by atoms with Crippen LogP contribution in [0, 0.1) is 23.7 Å². The lowest BCUT2D eigenvalue weighted by atomic mass is 9.82. The van der Waals surface area contributed by atoms with E-state index in [1.54, 1.807) is 6.07 Å². The minimum Gasteiger partial charge on any atom is -0.379 e. The van der Waals surface area contributed by atoms with Gasteiger partial charge in [-0.15, -0.1) is 0 Å². The summed E-state index contributed by atoms with van der Waals surface area (Å²) in [5.41, 5.74) is 1.44. The molecule has 0 radical (unpaired) electrons. The number of imide groups is 1. The zero-order valence-corrected chi connectivity index (χ0v) is 17.4. The van der Waals surface area contributed by atoms with Gasteiger partial charge in [-0.2, -0.15) is 4.31 Å². The highest BCUT2D eigenvalue weighted by molar-refractivity contribution is 7.89. The molecular weight excluding hydrogens is 416 g/mol. The fourth-order valence-electron chi connectivity index (χ4n) is 5.28. The second-order valence-electron chi connectivity index (χ2n) is 8.11. The zero-order valence-electron chi connectivity index (χ0n) is 15.9. The second-order valence-corrected chi connectivity index (χ2v) is 10.4. The molecule has 1 aromatic rings. The highest BCUT2D eigenvalue weighted by atomic mass is 35.5. The lowest BCUT2D eigenvalue weighted by Crippen LogP contribution is -2.40. The van der Waals surface area contributed by atoms with E-state index in [1.807, 2.05) is 6.92 Å². The van der Waals surface area contributed by atoms with Gasteiger partial charge in [-0.3, -0.25) is 9.59 Å². The average molecular weight is 437 g/mol. The van der Waals surface area contributed by atoms with E-state index in [0.717, 1.165) is 11.3 Å². The van der Waals surface area contributed by atoms with Gasteiger partial charge in [0.2, 0.25) is 21.8 Å². The lowest BCUT2D eigenvalue weighted by Gasteiger charge is -2.27. The third-order valence-electron chi connectivity index (χ3n) is 6.64. The number of rotatable bonds is 3. The maximum Gasteiger partial charge on any atom is 0.244 e. The quantitative estimate of drug-likeness (QED) is 0.535. The van der Waals surface area contributed by atoms with Crippen LogP contribution in [0.1, 0.15) is 13.3 Å². The van der Waals surface area contributed by atoms with Crippen LogP contribution < -0.4 is 4.90 Å². The monoisotopic (exact) mass is 436 g/mol. The predicted molar refractivity (Wildman–Crippen MR) is 106 cm³/mol. The fraction of sp³-hybridized carbons (Fsp3) is 0.500. The Morgan fingerprint density at radius 2 is 1.79 bits per heavy atom. The summed E-state index contributed by atoms with van der Waals surface area (Å²) in [4.78, 5) is 27.3. The van der Waals surface area contributed by atoms with Gasteiger partial charge in [0, 0.05) is 13.1 Å². The smallest absolute Gasteiger partial charge is 0.244 e. The summed E-state index contributed by atoms with van der Waals surface area (Å²) in [6.07, 6.45) is 2.96. The average Bonchev–Trinajstić information content (AvgIpc) is 3.34. The van der Waals surface area contributed by atoms with Crippen molar-refractivity contribution in [2.45, 2.75) is 18.2 Å². The molecule has 0 N–H and O–H groups in total. The van der Waals surface area contributed by atoms with Crippen molar-refractivity contribution in [2.75, 3.05) is 31.2 Å². The maximum absolute atomic E-state index is 13.1. The van der Waals surface area contributed by atoms with Crippen molar-refractivity contribution >= 4 is 39.1 Å². The van der Waals surface area contributed by atoms with Crippen LogP contribution in [0.2, 0.25) is 5.02 Å². The number of halogens is 1. The van der Waals surface area contributed by atoms with Gasteiger partial charge in [-0.25, -0.2) is 13.3 Å². The van der Waals surface area contributed by atoms with Crippen molar-refractivity contribution in [3.63, 3.8) is 0 Å². The first-order valence-electron chi connectivity index (χ1n) is 9.74. The number of carbonyl (C=O) groups excluding carboxylic acids is 2. The van der Waals surface area contributed by atoms with E-state index in [0.29, 0.717) is 13.2 Å². The van der Waals surface area contributed by atoms with Crippen LogP contribution >= 0.6 is 11.6 Å². The van der Waals surface area contributed by atoms with Crippen molar-refractivity contribution < 1.29 is 22.7 Å². The molecule has 2 aliphatic carbocycles. The number of benzene rings is 1. The Morgan fingerprint density at radius 3 is 2.52 bits per heavy atom. The molecular formula is C20H21ClN2O5S. The van der Waals surface area contributed by atoms with Crippen LogP contribution in [0.15, 0.2) is 34.7 Å². The largest absolute Gasteiger partial charge is 0.379 e. The molecule has 2 bridgehead atoms. The van der Waals surface area contributed by atoms with Gasteiger partial charge in [0.05, 0.1) is 35.8 Å². The normalized spacial score (nSPS) is 32.1. The first-order valence-corrected chi connectivity index (χ1v) is 11.6. The van der Waals surface area contributed by atoms with Crippen LogP contribution in [0.25, 0.3) is 0 Å². The third kappa shape index (κ3) is 2.73. The molecule has 4 unspecified atom stereocenters. The first kappa shape index (κ1) is 19.2. The van der Waals surface area contributed by atoms with Crippen LogP contribution in [0.4, 0.5) is 5.69 Å². The Balaban J connectivity index is 1.51. The van der Waals surface area contributed by atoms with Crippen molar-refractivity contribution in [1.82, 2.24) is 4.31 Å². The molecule has 3 fully saturated rings. The topological polar surface area (TPSA) is 84.0 Å². The number of ether oxygens (including phenoxy) is 1. The van der Waals surface area contributed by atoms with Crippen molar-refractivity contribution in [3.05, 3.63) is 34.9 Å². The molecule has 1 saturated carbocycles. The molecule has 2 saturated heterocycles. The van der Waals surface area contributed by atoms with Gasteiger partial charge in [-0.05, 0) is 43.4 Å². The third-order valence-corrected chi connectivity index (χ3v) is 9.02. The van der Waals surface area contributed by atoms with Gasteiger partial charge < -0.3 is 4.74 Å². The molecule has 2 aliphatic heterocycles. The molecule has 9 heteroatoms.